The topological polar surface area (TPSA) is 12.0 Å². The molecular weight excluding hydrogens is 282 g/mol. The molecule has 116 valence electrons. The van der Waals surface area contributed by atoms with Crippen LogP contribution >= 0.6 is 0 Å². The second-order valence-corrected chi connectivity index (χ2v) is 6.19. The van der Waals surface area contributed by atoms with E-state index in [2.05, 4.69) is 5.32 Å². The predicted octanol–water partition coefficient (Wildman–Crippen LogP) is 4.52. The lowest BCUT2D eigenvalue weighted by Gasteiger charge is -2.32. The number of halogens is 4. The molecule has 1 nitrogen and oxygen atoms in total. The van der Waals surface area contributed by atoms with Crippen molar-refractivity contribution < 1.29 is 17.6 Å². The number of hydrogen-bond acceptors (Lipinski definition) is 1. The smallest absolute Gasteiger partial charge is 0.307 e. The molecule has 0 aliphatic heterocycles. The third-order valence-corrected chi connectivity index (χ3v) is 4.81. The molecule has 1 saturated carbocycles. The third kappa shape index (κ3) is 3.23. The Morgan fingerprint density at radius 3 is 2.38 bits per heavy atom. The first-order valence-corrected chi connectivity index (χ1v) is 7.54. The fraction of sp³-hybridized carbons (Fsp3) is 0.625. The summed E-state index contributed by atoms with van der Waals surface area (Å²) in [6, 6.07) is 5.13. The number of fused-ring (bicyclic) bond motifs is 1. The molecule has 1 unspecified atom stereocenters. The van der Waals surface area contributed by atoms with Crippen LogP contribution in [-0.4, -0.2) is 12.2 Å². The normalized spacial score (nSPS) is 29.4. The molecule has 2 aliphatic carbocycles. The molecule has 3 rings (SSSR count). The predicted molar refractivity (Wildman–Crippen MR) is 72.4 cm³/mol. The Morgan fingerprint density at radius 2 is 1.71 bits per heavy atom. The molecular formula is C16H19F4N. The van der Waals surface area contributed by atoms with Crippen molar-refractivity contribution in [1.82, 2.24) is 5.32 Å². The van der Waals surface area contributed by atoms with Gasteiger partial charge in [-0.25, -0.2) is 4.39 Å². The SMILES string of the molecule is Fc1ccc2c(c1)CCC2NC1CCC(C(F)(F)F)CC1. The van der Waals surface area contributed by atoms with Gasteiger partial charge < -0.3 is 5.32 Å². The van der Waals surface area contributed by atoms with Crippen molar-refractivity contribution >= 4 is 0 Å². The van der Waals surface area contributed by atoms with Crippen LogP contribution in [0.5, 0.6) is 0 Å². The second-order valence-electron chi connectivity index (χ2n) is 6.19. The molecule has 1 atom stereocenters. The van der Waals surface area contributed by atoms with Crippen LogP contribution in [0.25, 0.3) is 0 Å². The minimum Gasteiger partial charge on any atom is -0.307 e. The van der Waals surface area contributed by atoms with Crippen molar-refractivity contribution in [3.8, 4) is 0 Å². The van der Waals surface area contributed by atoms with E-state index in [1.807, 2.05) is 0 Å². The molecule has 0 amide bonds. The van der Waals surface area contributed by atoms with Gasteiger partial charge in [-0.3, -0.25) is 0 Å². The highest BCUT2D eigenvalue weighted by atomic mass is 19.4. The van der Waals surface area contributed by atoms with Crippen LogP contribution < -0.4 is 5.32 Å². The molecule has 0 bridgehead atoms. The van der Waals surface area contributed by atoms with E-state index in [0.29, 0.717) is 12.8 Å². The van der Waals surface area contributed by atoms with Crippen LogP contribution in [0, 0.1) is 11.7 Å². The molecule has 21 heavy (non-hydrogen) atoms. The summed E-state index contributed by atoms with van der Waals surface area (Å²) in [5, 5.41) is 3.48. The van der Waals surface area contributed by atoms with Crippen molar-refractivity contribution in [3.63, 3.8) is 0 Å². The quantitative estimate of drug-likeness (QED) is 0.792. The summed E-state index contributed by atoms with van der Waals surface area (Å²) in [7, 11) is 0. The molecule has 0 spiro atoms. The van der Waals surface area contributed by atoms with E-state index >= 15 is 0 Å². The van der Waals surface area contributed by atoms with Gasteiger partial charge >= 0.3 is 6.18 Å². The van der Waals surface area contributed by atoms with Gasteiger partial charge in [0.2, 0.25) is 0 Å². The Hall–Kier alpha value is -1.10. The van der Waals surface area contributed by atoms with Crippen molar-refractivity contribution in [2.75, 3.05) is 0 Å². The molecule has 2 aliphatic rings. The summed E-state index contributed by atoms with van der Waals surface area (Å²) < 4.78 is 51.1. The summed E-state index contributed by atoms with van der Waals surface area (Å²) in [6.45, 7) is 0. The summed E-state index contributed by atoms with van der Waals surface area (Å²) in [5.74, 6) is -1.36. The lowest BCUT2D eigenvalue weighted by molar-refractivity contribution is -0.182. The Labute approximate surface area is 121 Å². The first kappa shape index (κ1) is 14.8. The highest BCUT2D eigenvalue weighted by molar-refractivity contribution is 5.35. The molecule has 0 heterocycles. The van der Waals surface area contributed by atoms with Crippen LogP contribution in [0.15, 0.2) is 18.2 Å². The van der Waals surface area contributed by atoms with Crippen molar-refractivity contribution in [2.24, 2.45) is 5.92 Å². The van der Waals surface area contributed by atoms with Crippen molar-refractivity contribution in [3.05, 3.63) is 35.1 Å². The number of rotatable bonds is 2. The summed E-state index contributed by atoms with van der Waals surface area (Å²) in [5.41, 5.74) is 2.13. The fourth-order valence-corrected chi connectivity index (χ4v) is 3.63. The van der Waals surface area contributed by atoms with Gasteiger partial charge in [0.1, 0.15) is 5.82 Å². The lowest BCUT2D eigenvalue weighted by atomic mass is 9.85. The maximum absolute atomic E-state index is 13.2. The molecule has 1 N–H and O–H groups in total. The van der Waals surface area contributed by atoms with E-state index in [1.54, 1.807) is 12.1 Å². The van der Waals surface area contributed by atoms with Gasteiger partial charge in [-0.05, 0) is 61.8 Å². The molecule has 1 aromatic rings. The molecule has 1 aromatic carbocycles. The van der Waals surface area contributed by atoms with Crippen LogP contribution in [0.1, 0.15) is 49.3 Å². The van der Waals surface area contributed by atoms with Crippen molar-refractivity contribution in [2.45, 2.75) is 56.8 Å². The summed E-state index contributed by atoms with van der Waals surface area (Å²) >= 11 is 0. The van der Waals surface area contributed by atoms with Gasteiger partial charge in [0.25, 0.3) is 0 Å². The molecule has 1 fully saturated rings. The van der Waals surface area contributed by atoms with Gasteiger partial charge in [0.15, 0.2) is 0 Å². The number of alkyl halides is 3. The van der Waals surface area contributed by atoms with E-state index in [1.165, 1.54) is 6.07 Å². The van der Waals surface area contributed by atoms with Gasteiger partial charge in [0, 0.05) is 12.1 Å². The average Bonchev–Trinajstić information content (AvgIpc) is 2.80. The maximum atomic E-state index is 13.2. The van der Waals surface area contributed by atoms with Crippen LogP contribution in [0.4, 0.5) is 17.6 Å². The van der Waals surface area contributed by atoms with Gasteiger partial charge in [0.05, 0.1) is 5.92 Å². The maximum Gasteiger partial charge on any atom is 0.391 e. The largest absolute Gasteiger partial charge is 0.391 e. The van der Waals surface area contributed by atoms with Crippen LogP contribution in [-0.2, 0) is 6.42 Å². The van der Waals surface area contributed by atoms with Gasteiger partial charge in [-0.1, -0.05) is 6.07 Å². The van der Waals surface area contributed by atoms with Gasteiger partial charge in [-0.2, -0.15) is 13.2 Å². The first-order valence-electron chi connectivity index (χ1n) is 7.54. The monoisotopic (exact) mass is 301 g/mol. The third-order valence-electron chi connectivity index (χ3n) is 4.81. The van der Waals surface area contributed by atoms with E-state index in [0.717, 1.165) is 24.0 Å². The van der Waals surface area contributed by atoms with Gasteiger partial charge in [-0.15, -0.1) is 0 Å². The highest BCUT2D eigenvalue weighted by Crippen LogP contribution is 2.39. The average molecular weight is 301 g/mol. The fourth-order valence-electron chi connectivity index (χ4n) is 3.63. The summed E-state index contributed by atoms with van der Waals surface area (Å²) in [4.78, 5) is 0. The zero-order valence-corrected chi connectivity index (χ0v) is 11.7. The Kier molecular flexibility index (Phi) is 3.95. The highest BCUT2D eigenvalue weighted by Gasteiger charge is 2.41. The Morgan fingerprint density at radius 1 is 1.00 bits per heavy atom. The van der Waals surface area contributed by atoms with Crippen LogP contribution in [0.2, 0.25) is 0 Å². The van der Waals surface area contributed by atoms with E-state index in [9.17, 15) is 17.6 Å². The number of aryl methyl sites for hydroxylation is 1. The number of benzene rings is 1. The van der Waals surface area contributed by atoms with E-state index < -0.39 is 12.1 Å². The zero-order valence-electron chi connectivity index (χ0n) is 11.7. The molecule has 0 aromatic heterocycles. The standard InChI is InChI=1S/C16H19F4N/c17-12-4-7-14-10(9-12)1-8-15(14)21-13-5-2-11(3-6-13)16(18,19)20/h4,7,9,11,13,15,21H,1-3,5-6,8H2. The zero-order chi connectivity index (χ0) is 15.0. The Balaban J connectivity index is 1.58. The molecule has 0 radical (unpaired) electrons. The van der Waals surface area contributed by atoms with Crippen LogP contribution in [0.3, 0.4) is 0 Å². The number of nitrogens with one attached hydrogen (secondary N) is 1. The van der Waals surface area contributed by atoms with Crippen molar-refractivity contribution in [1.29, 1.82) is 0 Å². The minimum absolute atomic E-state index is 0.143. The van der Waals surface area contributed by atoms with E-state index in [4.69, 9.17) is 0 Å². The number of hydrogen-bond donors (Lipinski definition) is 1. The van der Waals surface area contributed by atoms with E-state index in [-0.39, 0.29) is 30.7 Å². The minimum atomic E-state index is -4.05. The molecule has 0 saturated heterocycles. The Bertz CT molecular complexity index is 503. The first-order chi connectivity index (χ1) is 9.93. The second kappa shape index (κ2) is 5.59. The molecule has 5 heteroatoms. The lowest BCUT2D eigenvalue weighted by Crippen LogP contribution is -2.38. The summed E-state index contributed by atoms with van der Waals surface area (Å²) in [6.07, 6.45) is -0.758.